The summed E-state index contributed by atoms with van der Waals surface area (Å²) in [5.74, 6) is 0.757. The van der Waals surface area contributed by atoms with Crippen molar-refractivity contribution in [1.29, 1.82) is 0 Å². The van der Waals surface area contributed by atoms with Crippen molar-refractivity contribution in [3.05, 3.63) is 23.8 Å². The van der Waals surface area contributed by atoms with E-state index < -0.39 is 0 Å². The van der Waals surface area contributed by atoms with Crippen LogP contribution in [0.1, 0.15) is 12.5 Å². The summed E-state index contributed by atoms with van der Waals surface area (Å²) in [6.45, 7) is 4.75. The van der Waals surface area contributed by atoms with Gasteiger partial charge in [-0.2, -0.15) is 0 Å². The van der Waals surface area contributed by atoms with E-state index >= 15 is 0 Å². The summed E-state index contributed by atoms with van der Waals surface area (Å²) in [6.07, 6.45) is 0. The molecule has 0 fully saturated rings. The maximum absolute atomic E-state index is 5.78. The minimum Gasteiger partial charge on any atom is -0.399 e. The fourth-order valence-electron chi connectivity index (χ4n) is 1.57. The fourth-order valence-corrected chi connectivity index (χ4v) is 1.57. The molecule has 0 atom stereocenters. The number of nitrogen functional groups attached to an aromatic ring is 1. The molecule has 1 aromatic heterocycles. The van der Waals surface area contributed by atoms with Gasteiger partial charge in [0.1, 0.15) is 0 Å². The molecule has 2 rings (SSSR count). The number of aryl methyl sites for hydroxylation is 2. The van der Waals surface area contributed by atoms with Crippen molar-refractivity contribution in [2.75, 3.05) is 5.73 Å². The van der Waals surface area contributed by atoms with Crippen molar-refractivity contribution in [3.8, 4) is 11.4 Å². The van der Waals surface area contributed by atoms with Gasteiger partial charge in [0.15, 0.2) is 5.82 Å². The largest absolute Gasteiger partial charge is 0.399 e. The second-order valence-electron chi connectivity index (χ2n) is 3.45. The third kappa shape index (κ3) is 1.81. The zero-order chi connectivity index (χ0) is 10.8. The molecule has 5 heteroatoms. The van der Waals surface area contributed by atoms with Gasteiger partial charge in [-0.15, -0.1) is 5.10 Å². The number of hydrogen-bond acceptors (Lipinski definition) is 4. The van der Waals surface area contributed by atoms with Gasteiger partial charge >= 0.3 is 0 Å². The Labute approximate surface area is 87.9 Å². The average Bonchev–Trinajstić information content (AvgIpc) is 2.63. The van der Waals surface area contributed by atoms with Crippen molar-refractivity contribution in [2.45, 2.75) is 20.4 Å². The SMILES string of the molecule is CCn1nnnc1-c1cc(C)cc(N)c1. The molecule has 15 heavy (non-hydrogen) atoms. The van der Waals surface area contributed by atoms with Crippen LogP contribution in [0.2, 0.25) is 0 Å². The number of benzene rings is 1. The lowest BCUT2D eigenvalue weighted by Gasteiger charge is -2.04. The van der Waals surface area contributed by atoms with Crippen LogP contribution in [0.3, 0.4) is 0 Å². The van der Waals surface area contributed by atoms with Crippen LogP contribution in [0.5, 0.6) is 0 Å². The van der Waals surface area contributed by atoms with Crippen LogP contribution < -0.4 is 5.73 Å². The van der Waals surface area contributed by atoms with E-state index in [-0.39, 0.29) is 0 Å². The highest BCUT2D eigenvalue weighted by atomic mass is 15.5. The number of aromatic nitrogens is 4. The highest BCUT2D eigenvalue weighted by molar-refractivity contribution is 5.62. The number of tetrazole rings is 1. The summed E-state index contributed by atoms with van der Waals surface area (Å²) in [6, 6.07) is 5.82. The van der Waals surface area contributed by atoms with E-state index in [9.17, 15) is 0 Å². The zero-order valence-electron chi connectivity index (χ0n) is 8.81. The van der Waals surface area contributed by atoms with Crippen LogP contribution in [0.15, 0.2) is 18.2 Å². The van der Waals surface area contributed by atoms with Gasteiger partial charge in [-0.1, -0.05) is 0 Å². The first kappa shape index (κ1) is 9.64. The van der Waals surface area contributed by atoms with Crippen molar-refractivity contribution in [2.24, 2.45) is 0 Å². The Morgan fingerprint density at radius 2 is 2.13 bits per heavy atom. The molecule has 78 valence electrons. The molecule has 0 unspecified atom stereocenters. The summed E-state index contributed by atoms with van der Waals surface area (Å²) >= 11 is 0. The van der Waals surface area contributed by atoms with E-state index in [0.29, 0.717) is 0 Å². The molecule has 1 aromatic carbocycles. The molecule has 0 aliphatic heterocycles. The van der Waals surface area contributed by atoms with Gasteiger partial charge in [0.2, 0.25) is 0 Å². The van der Waals surface area contributed by atoms with Crippen molar-refractivity contribution in [1.82, 2.24) is 20.2 Å². The molecule has 0 saturated heterocycles. The van der Waals surface area contributed by atoms with E-state index in [1.807, 2.05) is 32.0 Å². The molecular weight excluding hydrogens is 190 g/mol. The molecule has 0 spiro atoms. The van der Waals surface area contributed by atoms with Gasteiger partial charge < -0.3 is 5.73 Å². The van der Waals surface area contributed by atoms with E-state index in [1.54, 1.807) is 4.68 Å². The van der Waals surface area contributed by atoms with Gasteiger partial charge in [0.25, 0.3) is 0 Å². The normalized spacial score (nSPS) is 10.5. The van der Waals surface area contributed by atoms with Gasteiger partial charge in [-0.05, 0) is 48.0 Å². The number of nitrogens with two attached hydrogens (primary N) is 1. The summed E-state index contributed by atoms with van der Waals surface area (Å²) in [5.41, 5.74) is 8.58. The number of anilines is 1. The monoisotopic (exact) mass is 203 g/mol. The van der Waals surface area contributed by atoms with Crippen LogP contribution >= 0.6 is 0 Å². The van der Waals surface area contributed by atoms with Crippen molar-refractivity contribution < 1.29 is 0 Å². The Hall–Kier alpha value is -1.91. The predicted molar refractivity (Wildman–Crippen MR) is 58.1 cm³/mol. The first-order valence-electron chi connectivity index (χ1n) is 4.84. The molecule has 1 heterocycles. The van der Waals surface area contributed by atoms with E-state index in [1.165, 1.54) is 0 Å². The summed E-state index contributed by atoms with van der Waals surface area (Å²) in [5, 5.41) is 11.5. The molecule has 0 aliphatic rings. The van der Waals surface area contributed by atoms with Crippen LogP contribution in [-0.2, 0) is 6.54 Å². The molecule has 0 amide bonds. The summed E-state index contributed by atoms with van der Waals surface area (Å²) in [4.78, 5) is 0. The van der Waals surface area contributed by atoms with Crippen LogP contribution in [-0.4, -0.2) is 20.2 Å². The zero-order valence-corrected chi connectivity index (χ0v) is 8.81. The minimum absolute atomic E-state index is 0.732. The molecule has 2 N–H and O–H groups in total. The Morgan fingerprint density at radius 3 is 2.80 bits per heavy atom. The van der Waals surface area contributed by atoms with E-state index in [4.69, 9.17) is 5.73 Å². The molecule has 2 aromatic rings. The van der Waals surface area contributed by atoms with Gasteiger partial charge in [-0.3, -0.25) is 0 Å². The van der Waals surface area contributed by atoms with E-state index in [2.05, 4.69) is 15.5 Å². The molecule has 0 saturated carbocycles. The third-order valence-corrected chi connectivity index (χ3v) is 2.19. The molecule has 0 bridgehead atoms. The van der Waals surface area contributed by atoms with Gasteiger partial charge in [-0.25, -0.2) is 4.68 Å². The minimum atomic E-state index is 0.732. The molecule has 0 aliphatic carbocycles. The second kappa shape index (κ2) is 3.68. The smallest absolute Gasteiger partial charge is 0.182 e. The fraction of sp³-hybridized carbons (Fsp3) is 0.300. The average molecular weight is 203 g/mol. The Balaban J connectivity index is 2.53. The molecular formula is C10H13N5. The van der Waals surface area contributed by atoms with Crippen molar-refractivity contribution >= 4 is 5.69 Å². The number of hydrogen-bond donors (Lipinski definition) is 1. The standard InChI is InChI=1S/C10H13N5/c1-3-15-10(12-13-14-15)8-4-7(2)5-9(11)6-8/h4-6H,3,11H2,1-2H3. The Kier molecular flexibility index (Phi) is 2.37. The quantitative estimate of drug-likeness (QED) is 0.746. The molecule has 0 radical (unpaired) electrons. The van der Waals surface area contributed by atoms with Gasteiger partial charge in [0.05, 0.1) is 0 Å². The second-order valence-corrected chi connectivity index (χ2v) is 3.45. The number of nitrogens with zero attached hydrogens (tertiary/aromatic N) is 4. The third-order valence-electron chi connectivity index (χ3n) is 2.19. The lowest BCUT2D eigenvalue weighted by molar-refractivity contribution is 0.631. The van der Waals surface area contributed by atoms with Gasteiger partial charge in [0, 0.05) is 17.8 Å². The maximum atomic E-state index is 5.78. The first-order valence-corrected chi connectivity index (χ1v) is 4.84. The van der Waals surface area contributed by atoms with Crippen LogP contribution in [0.4, 0.5) is 5.69 Å². The first-order chi connectivity index (χ1) is 7.20. The maximum Gasteiger partial charge on any atom is 0.182 e. The summed E-state index contributed by atoms with van der Waals surface area (Å²) in [7, 11) is 0. The topological polar surface area (TPSA) is 69.6 Å². The molecule has 5 nitrogen and oxygen atoms in total. The number of rotatable bonds is 2. The summed E-state index contributed by atoms with van der Waals surface area (Å²) < 4.78 is 1.74. The van der Waals surface area contributed by atoms with Crippen LogP contribution in [0, 0.1) is 6.92 Å². The highest BCUT2D eigenvalue weighted by Crippen LogP contribution is 2.20. The highest BCUT2D eigenvalue weighted by Gasteiger charge is 2.07. The lowest BCUT2D eigenvalue weighted by atomic mass is 10.1. The van der Waals surface area contributed by atoms with E-state index in [0.717, 1.165) is 29.2 Å². The van der Waals surface area contributed by atoms with Crippen LogP contribution in [0.25, 0.3) is 11.4 Å². The Morgan fingerprint density at radius 1 is 1.33 bits per heavy atom. The Bertz CT molecular complexity index is 454. The lowest BCUT2D eigenvalue weighted by Crippen LogP contribution is -2.00. The predicted octanol–water partition coefficient (Wildman–Crippen LogP) is 1.25. The van der Waals surface area contributed by atoms with Crippen molar-refractivity contribution in [3.63, 3.8) is 0 Å².